The van der Waals surface area contributed by atoms with Crippen LogP contribution in [0.15, 0.2) is 24.3 Å². The molecule has 0 spiro atoms. The van der Waals surface area contributed by atoms with Crippen LogP contribution in [0.5, 0.6) is 0 Å². The van der Waals surface area contributed by atoms with Gasteiger partial charge in [-0.3, -0.25) is 0 Å². The minimum absolute atomic E-state index is 0.0621. The van der Waals surface area contributed by atoms with Gasteiger partial charge in [-0.05, 0) is 48.8 Å². The van der Waals surface area contributed by atoms with Crippen LogP contribution in [0.25, 0.3) is 0 Å². The molecule has 1 aliphatic rings. The van der Waals surface area contributed by atoms with Gasteiger partial charge in [0.2, 0.25) is 0 Å². The van der Waals surface area contributed by atoms with Crippen molar-refractivity contribution in [2.75, 3.05) is 12.0 Å². The maximum absolute atomic E-state index is 12.1. The van der Waals surface area contributed by atoms with E-state index in [9.17, 15) is 14.7 Å². The second-order valence-electron chi connectivity index (χ2n) is 5.41. The summed E-state index contributed by atoms with van der Waals surface area (Å²) in [6, 6.07) is 6.58. The Kier molecular flexibility index (Phi) is 6.12. The molecule has 0 aliphatic heterocycles. The lowest BCUT2D eigenvalue weighted by Crippen LogP contribution is -2.51. The predicted molar refractivity (Wildman–Crippen MR) is 85.6 cm³/mol. The Bertz CT molecular complexity index is 536. The molecule has 6 heteroatoms. The van der Waals surface area contributed by atoms with Crippen molar-refractivity contribution in [3.63, 3.8) is 0 Å². The van der Waals surface area contributed by atoms with Gasteiger partial charge in [0.15, 0.2) is 0 Å². The number of fused-ring (bicyclic) bond motifs is 1. The Labute approximate surface area is 134 Å². The Morgan fingerprint density at radius 1 is 1.41 bits per heavy atom. The van der Waals surface area contributed by atoms with E-state index in [4.69, 9.17) is 0 Å². The van der Waals surface area contributed by atoms with Gasteiger partial charge in [0.05, 0.1) is 18.1 Å². The maximum atomic E-state index is 12.1. The number of hydrogen-bond donors (Lipinski definition) is 2. The van der Waals surface area contributed by atoms with Crippen LogP contribution in [0.1, 0.15) is 36.4 Å². The first kappa shape index (κ1) is 16.7. The van der Waals surface area contributed by atoms with Gasteiger partial charge in [0.25, 0.3) is 0 Å². The van der Waals surface area contributed by atoms with Crippen LogP contribution in [0.4, 0.5) is 4.79 Å². The van der Waals surface area contributed by atoms with Crippen LogP contribution in [0, 0.1) is 0 Å². The number of rotatable bonds is 6. The molecule has 120 valence electrons. The fourth-order valence-electron chi connectivity index (χ4n) is 2.75. The molecule has 2 amide bonds. The first-order valence-electron chi connectivity index (χ1n) is 7.46. The fraction of sp³-hybridized carbons (Fsp3) is 0.500. The molecule has 1 aromatic carbocycles. The largest absolute Gasteiger partial charge is 0.548 e. The molecule has 5 nitrogen and oxygen atoms in total. The first-order valence-corrected chi connectivity index (χ1v) is 8.86. The van der Waals surface area contributed by atoms with E-state index >= 15 is 0 Å². The van der Waals surface area contributed by atoms with Gasteiger partial charge in [-0.1, -0.05) is 24.3 Å². The molecule has 22 heavy (non-hydrogen) atoms. The summed E-state index contributed by atoms with van der Waals surface area (Å²) in [6.45, 7) is 0. The van der Waals surface area contributed by atoms with Crippen molar-refractivity contribution < 1.29 is 14.7 Å². The summed E-state index contributed by atoms with van der Waals surface area (Å²) < 4.78 is 0. The number of carbonyl (C=O) groups excluding carboxylic acids is 2. The lowest BCUT2D eigenvalue weighted by atomic mass is 9.88. The zero-order valence-corrected chi connectivity index (χ0v) is 13.4. The van der Waals surface area contributed by atoms with E-state index in [0.717, 1.165) is 24.8 Å². The summed E-state index contributed by atoms with van der Waals surface area (Å²) in [5.41, 5.74) is 2.37. The van der Waals surface area contributed by atoms with Gasteiger partial charge in [0.1, 0.15) is 0 Å². The number of hydrogen-bond acceptors (Lipinski definition) is 4. The van der Waals surface area contributed by atoms with Gasteiger partial charge >= 0.3 is 6.03 Å². The highest BCUT2D eigenvalue weighted by Gasteiger charge is 2.22. The average molecular weight is 321 g/mol. The minimum atomic E-state index is -1.24. The second kappa shape index (κ2) is 8.08. The molecule has 0 saturated carbocycles. The summed E-state index contributed by atoms with van der Waals surface area (Å²) in [5, 5.41) is 16.5. The normalized spacial score (nSPS) is 18.1. The van der Waals surface area contributed by atoms with Crippen LogP contribution in [0.3, 0.4) is 0 Å². The summed E-state index contributed by atoms with van der Waals surface area (Å²) >= 11 is 1.54. The van der Waals surface area contributed by atoms with Gasteiger partial charge in [-0.2, -0.15) is 11.8 Å². The molecule has 0 unspecified atom stereocenters. The molecule has 0 fully saturated rings. The smallest absolute Gasteiger partial charge is 0.315 e. The molecule has 0 heterocycles. The van der Waals surface area contributed by atoms with Crippen molar-refractivity contribution in [2.24, 2.45) is 0 Å². The zero-order valence-electron chi connectivity index (χ0n) is 12.6. The predicted octanol–water partition coefficient (Wildman–Crippen LogP) is 1.23. The number of carbonyl (C=O) groups is 2. The highest BCUT2D eigenvalue weighted by atomic mass is 32.2. The van der Waals surface area contributed by atoms with Gasteiger partial charge in [-0.15, -0.1) is 0 Å². The number of aryl methyl sites for hydroxylation is 1. The maximum Gasteiger partial charge on any atom is 0.315 e. The van der Waals surface area contributed by atoms with E-state index in [1.54, 1.807) is 0 Å². The topological polar surface area (TPSA) is 81.3 Å². The average Bonchev–Trinajstić information content (AvgIpc) is 2.51. The summed E-state index contributed by atoms with van der Waals surface area (Å²) in [4.78, 5) is 23.1. The number of carboxylic acid groups (broad SMARTS) is 1. The Hall–Kier alpha value is -1.69. The third kappa shape index (κ3) is 4.40. The number of thioether (sulfide) groups is 1. The quantitative estimate of drug-likeness (QED) is 0.826. The van der Waals surface area contributed by atoms with E-state index in [1.807, 2.05) is 24.5 Å². The molecular formula is C16H21N2O3S-. The molecule has 1 aromatic rings. The van der Waals surface area contributed by atoms with Crippen molar-refractivity contribution in [1.82, 2.24) is 10.6 Å². The molecule has 0 radical (unpaired) electrons. The van der Waals surface area contributed by atoms with Gasteiger partial charge in [-0.25, -0.2) is 4.79 Å². The van der Waals surface area contributed by atoms with Crippen LogP contribution in [-0.2, 0) is 11.2 Å². The fourth-order valence-corrected chi connectivity index (χ4v) is 3.22. The van der Waals surface area contributed by atoms with Crippen molar-refractivity contribution in [2.45, 2.75) is 37.8 Å². The summed E-state index contributed by atoms with van der Waals surface area (Å²) in [7, 11) is 0. The van der Waals surface area contributed by atoms with Crippen molar-refractivity contribution in [3.05, 3.63) is 35.4 Å². The molecule has 0 saturated heterocycles. The van der Waals surface area contributed by atoms with Crippen LogP contribution >= 0.6 is 11.8 Å². The Balaban J connectivity index is 1.96. The van der Waals surface area contributed by atoms with Crippen molar-refractivity contribution >= 4 is 23.8 Å². The molecule has 0 aromatic heterocycles. The molecule has 2 N–H and O–H groups in total. The number of aliphatic carboxylic acids is 1. The van der Waals surface area contributed by atoms with E-state index in [2.05, 4.69) is 16.7 Å². The van der Waals surface area contributed by atoms with Gasteiger partial charge < -0.3 is 20.5 Å². The number of benzene rings is 1. The molecule has 2 atom stereocenters. The standard InChI is InChI=1S/C16H22N2O3S/c1-22-10-9-14(15(19)20)18-16(21)17-13-8-4-6-11-5-2-3-7-12(11)13/h2-3,5,7,13-14H,4,6,8-10H2,1H3,(H,19,20)(H2,17,18,21)/p-1/t13-,14-/m0/s1. The second-order valence-corrected chi connectivity index (χ2v) is 6.40. The van der Waals surface area contributed by atoms with E-state index < -0.39 is 18.0 Å². The van der Waals surface area contributed by atoms with Crippen molar-refractivity contribution in [3.8, 4) is 0 Å². The number of carboxylic acids is 1. The van der Waals surface area contributed by atoms with Crippen LogP contribution in [0.2, 0.25) is 0 Å². The van der Waals surface area contributed by atoms with E-state index in [0.29, 0.717) is 12.2 Å². The first-order chi connectivity index (χ1) is 10.6. The van der Waals surface area contributed by atoms with Crippen molar-refractivity contribution in [1.29, 1.82) is 0 Å². The monoisotopic (exact) mass is 321 g/mol. The summed E-state index contributed by atoms with van der Waals surface area (Å²) in [5.74, 6) is -0.584. The number of urea groups is 1. The molecule has 0 bridgehead atoms. The van der Waals surface area contributed by atoms with Crippen LogP contribution in [-0.4, -0.2) is 30.1 Å². The highest BCUT2D eigenvalue weighted by molar-refractivity contribution is 7.98. The van der Waals surface area contributed by atoms with Crippen LogP contribution < -0.4 is 15.7 Å². The van der Waals surface area contributed by atoms with Gasteiger partial charge in [0, 0.05) is 0 Å². The summed E-state index contributed by atoms with van der Waals surface area (Å²) in [6.07, 6.45) is 5.15. The Morgan fingerprint density at radius 3 is 2.91 bits per heavy atom. The highest BCUT2D eigenvalue weighted by Crippen LogP contribution is 2.29. The van der Waals surface area contributed by atoms with E-state index in [-0.39, 0.29) is 6.04 Å². The number of nitrogens with one attached hydrogen (secondary N) is 2. The third-order valence-corrected chi connectivity index (χ3v) is 4.52. The zero-order chi connectivity index (χ0) is 15.9. The van der Waals surface area contributed by atoms with E-state index in [1.165, 1.54) is 17.3 Å². The lowest BCUT2D eigenvalue weighted by molar-refractivity contribution is -0.308. The SMILES string of the molecule is CSCC[C@H](NC(=O)N[C@H]1CCCc2ccccc21)C(=O)[O-]. The Morgan fingerprint density at radius 2 is 2.18 bits per heavy atom. The molecule has 1 aliphatic carbocycles. The molecular weight excluding hydrogens is 300 g/mol. The lowest BCUT2D eigenvalue weighted by Gasteiger charge is -2.28. The third-order valence-electron chi connectivity index (χ3n) is 3.88. The number of amides is 2. The molecule has 2 rings (SSSR count). The minimum Gasteiger partial charge on any atom is -0.548 e.